The van der Waals surface area contributed by atoms with Gasteiger partial charge in [-0.05, 0) is 18.2 Å². The Labute approximate surface area is 95.9 Å². The van der Waals surface area contributed by atoms with Crippen molar-refractivity contribution in [3.63, 3.8) is 0 Å². The Kier molecular flexibility index (Phi) is 3.60. The van der Waals surface area contributed by atoms with Crippen molar-refractivity contribution >= 4 is 23.4 Å². The van der Waals surface area contributed by atoms with Gasteiger partial charge in [0.25, 0.3) is 5.69 Å². The zero-order valence-corrected chi connectivity index (χ0v) is 8.60. The zero-order chi connectivity index (χ0) is 12.1. The van der Waals surface area contributed by atoms with E-state index in [9.17, 15) is 10.1 Å². The molecule has 6 heteroatoms. The van der Waals surface area contributed by atoms with Crippen LogP contribution in [0.2, 0.25) is 5.02 Å². The Morgan fingerprint density at radius 3 is 2.56 bits per heavy atom. The van der Waals surface area contributed by atoms with Crippen LogP contribution in [0, 0.1) is 32.8 Å². The highest BCUT2D eigenvalue weighted by Crippen LogP contribution is 2.25. The summed E-state index contributed by atoms with van der Waals surface area (Å²) in [4.78, 5) is 10.1. The molecule has 0 fully saturated rings. The summed E-state index contributed by atoms with van der Waals surface area (Å²) >= 11 is 5.61. The van der Waals surface area contributed by atoms with Crippen molar-refractivity contribution in [1.29, 1.82) is 10.5 Å². The summed E-state index contributed by atoms with van der Waals surface area (Å²) in [7, 11) is 0. The summed E-state index contributed by atoms with van der Waals surface area (Å²) in [5.41, 5.74) is -0.270. The summed E-state index contributed by atoms with van der Waals surface area (Å²) in [5, 5.41) is 28.0. The smallest absolute Gasteiger partial charge is 0.258 e. The second-order valence-electron chi connectivity index (χ2n) is 2.74. The molecule has 1 aromatic rings. The first-order chi connectivity index (χ1) is 7.58. The molecule has 0 atom stereocenters. The molecule has 0 heterocycles. The normalized spacial score (nSPS) is 8.69. The molecule has 0 radical (unpaired) electrons. The fraction of sp³-hybridized carbons (Fsp3) is 0. The van der Waals surface area contributed by atoms with Crippen molar-refractivity contribution in [3.05, 3.63) is 44.5 Å². The Balaban J connectivity index is 3.37. The number of nitriles is 2. The first kappa shape index (κ1) is 11.7. The van der Waals surface area contributed by atoms with Crippen molar-refractivity contribution in [2.24, 2.45) is 0 Å². The lowest BCUT2D eigenvalue weighted by Gasteiger charge is -1.97. The van der Waals surface area contributed by atoms with Gasteiger partial charge in [-0.25, -0.2) is 0 Å². The predicted octanol–water partition coefficient (Wildman–Crippen LogP) is 2.68. The van der Waals surface area contributed by atoms with E-state index in [0.717, 1.165) is 6.08 Å². The topological polar surface area (TPSA) is 90.7 Å². The molecule has 78 valence electrons. The fourth-order valence-corrected chi connectivity index (χ4v) is 1.21. The van der Waals surface area contributed by atoms with E-state index in [1.165, 1.54) is 18.2 Å². The van der Waals surface area contributed by atoms with Crippen molar-refractivity contribution in [2.75, 3.05) is 0 Å². The summed E-state index contributed by atoms with van der Waals surface area (Å²) in [6, 6.07) is 7.25. The van der Waals surface area contributed by atoms with Crippen LogP contribution in [0.4, 0.5) is 5.69 Å². The van der Waals surface area contributed by atoms with Gasteiger partial charge in [-0.1, -0.05) is 11.6 Å². The molecule has 0 aromatic heterocycles. The van der Waals surface area contributed by atoms with Gasteiger partial charge in [-0.3, -0.25) is 10.1 Å². The van der Waals surface area contributed by atoms with Gasteiger partial charge in [0.2, 0.25) is 0 Å². The van der Waals surface area contributed by atoms with E-state index in [2.05, 4.69) is 0 Å². The number of nitro groups is 1. The number of nitro benzene ring substituents is 1. The molecule has 0 aliphatic heterocycles. The van der Waals surface area contributed by atoms with Crippen LogP contribution in [0.3, 0.4) is 0 Å². The summed E-state index contributed by atoms with van der Waals surface area (Å²) < 4.78 is 0. The maximum atomic E-state index is 10.7. The molecule has 5 nitrogen and oxygen atoms in total. The summed E-state index contributed by atoms with van der Waals surface area (Å²) in [6.07, 6.45) is 1.15. The number of nitrogens with zero attached hydrogens (tertiary/aromatic N) is 3. The van der Waals surface area contributed by atoms with Crippen molar-refractivity contribution in [2.45, 2.75) is 0 Å². The summed E-state index contributed by atoms with van der Waals surface area (Å²) in [6.45, 7) is 0. The van der Waals surface area contributed by atoms with Crippen LogP contribution in [0.25, 0.3) is 6.08 Å². The maximum Gasteiger partial charge on any atom is 0.278 e. The molecule has 0 bridgehead atoms. The van der Waals surface area contributed by atoms with Gasteiger partial charge in [-0.2, -0.15) is 10.5 Å². The van der Waals surface area contributed by atoms with E-state index in [1.54, 1.807) is 12.1 Å². The highest BCUT2D eigenvalue weighted by atomic mass is 35.5. The minimum Gasteiger partial charge on any atom is -0.258 e. The molecule has 1 rings (SSSR count). The van der Waals surface area contributed by atoms with E-state index in [0.29, 0.717) is 0 Å². The monoisotopic (exact) mass is 233 g/mol. The average Bonchev–Trinajstić information content (AvgIpc) is 2.27. The maximum absolute atomic E-state index is 10.7. The van der Waals surface area contributed by atoms with Crippen LogP contribution >= 0.6 is 11.6 Å². The summed E-state index contributed by atoms with van der Waals surface area (Å²) in [5.74, 6) is 0. The first-order valence-corrected chi connectivity index (χ1v) is 4.42. The number of halogens is 1. The van der Waals surface area contributed by atoms with Crippen LogP contribution in [0.15, 0.2) is 23.8 Å². The third-order valence-electron chi connectivity index (χ3n) is 1.73. The molecule has 0 aliphatic carbocycles. The van der Waals surface area contributed by atoms with Crippen LogP contribution in [-0.2, 0) is 0 Å². The molecular weight excluding hydrogens is 230 g/mol. The van der Waals surface area contributed by atoms with E-state index in [-0.39, 0.29) is 21.8 Å². The lowest BCUT2D eigenvalue weighted by atomic mass is 10.1. The minimum atomic E-state index is -0.621. The van der Waals surface area contributed by atoms with Gasteiger partial charge >= 0.3 is 0 Å². The lowest BCUT2D eigenvalue weighted by molar-refractivity contribution is -0.385. The molecule has 0 saturated heterocycles. The first-order valence-electron chi connectivity index (χ1n) is 4.04. The molecule has 0 spiro atoms. The van der Waals surface area contributed by atoms with Gasteiger partial charge in [0.15, 0.2) is 0 Å². The second-order valence-corrected chi connectivity index (χ2v) is 3.18. The van der Waals surface area contributed by atoms with E-state index >= 15 is 0 Å². The molecule has 16 heavy (non-hydrogen) atoms. The number of rotatable bonds is 2. The second kappa shape index (κ2) is 4.92. The van der Waals surface area contributed by atoms with Gasteiger partial charge < -0.3 is 0 Å². The molecule has 0 aliphatic rings. The number of hydrogen-bond donors (Lipinski definition) is 0. The quantitative estimate of drug-likeness (QED) is 0.446. The highest BCUT2D eigenvalue weighted by molar-refractivity contribution is 6.30. The molecule has 0 amide bonds. The average molecular weight is 234 g/mol. The van der Waals surface area contributed by atoms with Gasteiger partial charge in [0.05, 0.1) is 10.5 Å². The van der Waals surface area contributed by atoms with Gasteiger partial charge in [0, 0.05) is 11.1 Å². The number of allylic oxidation sites excluding steroid dienone is 1. The third-order valence-corrected chi connectivity index (χ3v) is 1.97. The lowest BCUT2D eigenvalue weighted by Crippen LogP contribution is -1.91. The molecule has 0 saturated carbocycles. The zero-order valence-electron chi connectivity index (χ0n) is 7.85. The highest BCUT2D eigenvalue weighted by Gasteiger charge is 2.13. The Hall–Kier alpha value is -2.37. The van der Waals surface area contributed by atoms with E-state index in [1.807, 2.05) is 0 Å². The predicted molar refractivity (Wildman–Crippen MR) is 57.3 cm³/mol. The Morgan fingerprint density at radius 1 is 1.44 bits per heavy atom. The van der Waals surface area contributed by atoms with Crippen LogP contribution in [0.5, 0.6) is 0 Å². The van der Waals surface area contributed by atoms with Crippen LogP contribution < -0.4 is 0 Å². The van der Waals surface area contributed by atoms with Gasteiger partial charge in [-0.15, -0.1) is 0 Å². The van der Waals surface area contributed by atoms with Crippen LogP contribution in [-0.4, -0.2) is 4.92 Å². The minimum absolute atomic E-state index is 0.174. The number of hydrogen-bond acceptors (Lipinski definition) is 4. The van der Waals surface area contributed by atoms with E-state index < -0.39 is 4.92 Å². The Morgan fingerprint density at radius 2 is 2.06 bits per heavy atom. The van der Waals surface area contributed by atoms with Gasteiger partial charge in [0.1, 0.15) is 17.7 Å². The van der Waals surface area contributed by atoms with Crippen molar-refractivity contribution in [1.82, 2.24) is 0 Å². The van der Waals surface area contributed by atoms with Crippen LogP contribution in [0.1, 0.15) is 5.56 Å². The Bertz CT molecular complexity index is 536. The largest absolute Gasteiger partial charge is 0.278 e. The third kappa shape index (κ3) is 2.57. The van der Waals surface area contributed by atoms with E-state index in [4.69, 9.17) is 22.1 Å². The molecule has 0 unspecified atom stereocenters. The molecular formula is C10H4ClN3O2. The number of benzene rings is 1. The van der Waals surface area contributed by atoms with Crippen molar-refractivity contribution in [3.8, 4) is 12.1 Å². The SMILES string of the molecule is N#CC(C#N)=Cc1ccc(Cl)cc1[N+](=O)[O-]. The van der Waals surface area contributed by atoms with Crippen molar-refractivity contribution < 1.29 is 4.92 Å². The standard InChI is InChI=1S/C10H4ClN3O2/c11-9-2-1-8(3-7(5-12)6-13)10(4-9)14(15)16/h1-4H. The molecule has 1 aromatic carbocycles. The fourth-order valence-electron chi connectivity index (χ4n) is 1.04. The molecule has 0 N–H and O–H groups in total.